The number of halogens is 2. The van der Waals surface area contributed by atoms with Gasteiger partial charge in [-0.3, -0.25) is 0 Å². The van der Waals surface area contributed by atoms with Crippen molar-refractivity contribution in [3.05, 3.63) is 34.9 Å². The second-order valence-corrected chi connectivity index (χ2v) is 4.80. The van der Waals surface area contributed by atoms with Gasteiger partial charge in [-0.15, -0.1) is 0 Å². The van der Waals surface area contributed by atoms with Crippen molar-refractivity contribution in [2.75, 3.05) is 6.54 Å². The third-order valence-corrected chi connectivity index (χ3v) is 3.88. The molecule has 0 spiro atoms. The molecule has 86 valence electrons. The summed E-state index contributed by atoms with van der Waals surface area (Å²) in [5, 5.41) is 3.46. The van der Waals surface area contributed by atoms with Crippen LogP contribution in [-0.2, 0) is 6.42 Å². The third kappa shape index (κ3) is 1.54. The van der Waals surface area contributed by atoms with Gasteiger partial charge < -0.3 is 5.32 Å². The number of hydrogen-bond donors (Lipinski definition) is 1. The predicted molar refractivity (Wildman–Crippen MR) is 58.4 cm³/mol. The molecule has 0 aromatic heterocycles. The molecular formula is C13H15F2N. The van der Waals surface area contributed by atoms with Crippen molar-refractivity contribution in [2.24, 2.45) is 0 Å². The Hall–Kier alpha value is -0.960. The van der Waals surface area contributed by atoms with E-state index in [1.54, 1.807) is 0 Å². The maximum Gasteiger partial charge on any atom is 0.129 e. The van der Waals surface area contributed by atoms with Gasteiger partial charge in [-0.05, 0) is 55.3 Å². The van der Waals surface area contributed by atoms with E-state index in [1.165, 1.54) is 6.07 Å². The van der Waals surface area contributed by atoms with E-state index in [4.69, 9.17) is 0 Å². The molecular weight excluding hydrogens is 208 g/mol. The minimum Gasteiger partial charge on any atom is -0.313 e. The van der Waals surface area contributed by atoms with Crippen LogP contribution in [0.25, 0.3) is 0 Å². The van der Waals surface area contributed by atoms with Gasteiger partial charge in [-0.1, -0.05) is 0 Å². The van der Waals surface area contributed by atoms with Crippen molar-refractivity contribution in [3.63, 3.8) is 0 Å². The van der Waals surface area contributed by atoms with Crippen molar-refractivity contribution >= 4 is 0 Å². The lowest BCUT2D eigenvalue weighted by Gasteiger charge is -2.38. The van der Waals surface area contributed by atoms with Crippen LogP contribution < -0.4 is 5.32 Å². The van der Waals surface area contributed by atoms with E-state index >= 15 is 0 Å². The first-order valence-corrected chi connectivity index (χ1v) is 5.97. The minimum atomic E-state index is -0.442. The lowest BCUT2D eigenvalue weighted by molar-refractivity contribution is 0.315. The molecule has 0 saturated carbocycles. The molecule has 3 rings (SSSR count). The van der Waals surface area contributed by atoms with Gasteiger partial charge in [0.1, 0.15) is 11.6 Å². The lowest BCUT2D eigenvalue weighted by atomic mass is 9.75. The first-order chi connectivity index (χ1) is 7.75. The van der Waals surface area contributed by atoms with Gasteiger partial charge in [0.05, 0.1) is 0 Å². The number of piperidine rings is 1. The van der Waals surface area contributed by atoms with E-state index in [1.807, 2.05) is 0 Å². The molecule has 1 nitrogen and oxygen atoms in total. The first-order valence-electron chi connectivity index (χ1n) is 5.97. The second kappa shape index (κ2) is 3.81. The van der Waals surface area contributed by atoms with E-state index < -0.39 is 5.82 Å². The molecule has 0 bridgehead atoms. The number of benzene rings is 1. The molecule has 1 aliphatic carbocycles. The van der Waals surface area contributed by atoms with Gasteiger partial charge in [0, 0.05) is 12.1 Å². The summed E-state index contributed by atoms with van der Waals surface area (Å²) in [7, 11) is 0. The van der Waals surface area contributed by atoms with Gasteiger partial charge in [-0.2, -0.15) is 0 Å². The Kier molecular flexibility index (Phi) is 2.43. The Morgan fingerprint density at radius 2 is 2.06 bits per heavy atom. The van der Waals surface area contributed by atoms with Crippen LogP contribution in [0, 0.1) is 11.6 Å². The maximum absolute atomic E-state index is 13.6. The molecule has 1 aliphatic heterocycles. The van der Waals surface area contributed by atoms with Gasteiger partial charge >= 0.3 is 0 Å². The van der Waals surface area contributed by atoms with Gasteiger partial charge in [0.15, 0.2) is 0 Å². The highest BCUT2D eigenvalue weighted by Crippen LogP contribution is 2.38. The smallest absolute Gasteiger partial charge is 0.129 e. The van der Waals surface area contributed by atoms with E-state index in [0.717, 1.165) is 49.4 Å². The average Bonchev–Trinajstić information content (AvgIpc) is 2.28. The maximum atomic E-state index is 13.6. The lowest BCUT2D eigenvalue weighted by Crippen LogP contribution is -2.42. The van der Waals surface area contributed by atoms with Crippen LogP contribution in [0.2, 0.25) is 0 Å². The topological polar surface area (TPSA) is 12.0 Å². The molecule has 2 atom stereocenters. The Labute approximate surface area is 93.9 Å². The summed E-state index contributed by atoms with van der Waals surface area (Å²) in [6.07, 6.45) is 3.85. The molecule has 0 radical (unpaired) electrons. The summed E-state index contributed by atoms with van der Waals surface area (Å²) in [6, 6.07) is 2.96. The number of rotatable bonds is 0. The average molecular weight is 223 g/mol. The fourth-order valence-corrected chi connectivity index (χ4v) is 3.15. The zero-order chi connectivity index (χ0) is 11.1. The molecule has 3 heteroatoms. The van der Waals surface area contributed by atoms with Crippen LogP contribution in [0.1, 0.15) is 36.3 Å². The molecule has 1 fully saturated rings. The normalized spacial score (nSPS) is 28.4. The molecule has 0 unspecified atom stereocenters. The Bertz CT molecular complexity index is 417. The van der Waals surface area contributed by atoms with Crippen molar-refractivity contribution in [1.82, 2.24) is 5.32 Å². The van der Waals surface area contributed by atoms with E-state index in [-0.39, 0.29) is 5.82 Å². The summed E-state index contributed by atoms with van der Waals surface area (Å²) in [6.45, 7) is 1.04. The molecule has 2 aliphatic rings. The van der Waals surface area contributed by atoms with Gasteiger partial charge in [0.25, 0.3) is 0 Å². The number of hydrogen-bond acceptors (Lipinski definition) is 1. The summed E-state index contributed by atoms with van der Waals surface area (Å²) in [5.74, 6) is -0.496. The Morgan fingerprint density at radius 3 is 2.94 bits per heavy atom. The fraction of sp³-hybridized carbons (Fsp3) is 0.538. The van der Waals surface area contributed by atoms with Crippen LogP contribution in [0.4, 0.5) is 8.78 Å². The summed E-state index contributed by atoms with van der Waals surface area (Å²) >= 11 is 0. The van der Waals surface area contributed by atoms with Crippen LogP contribution in [0.3, 0.4) is 0 Å². The zero-order valence-corrected chi connectivity index (χ0v) is 9.10. The SMILES string of the molecule is Fc1cc(F)c2c(c1)[C@H]1CCCN[C@H]1CC2. The molecule has 1 aromatic rings. The molecule has 16 heavy (non-hydrogen) atoms. The van der Waals surface area contributed by atoms with Crippen LogP contribution in [0.5, 0.6) is 0 Å². The van der Waals surface area contributed by atoms with E-state index in [0.29, 0.717) is 12.0 Å². The number of fused-ring (bicyclic) bond motifs is 3. The summed E-state index contributed by atoms with van der Waals surface area (Å²) < 4.78 is 26.9. The van der Waals surface area contributed by atoms with Gasteiger partial charge in [0.2, 0.25) is 0 Å². The van der Waals surface area contributed by atoms with Crippen LogP contribution in [-0.4, -0.2) is 12.6 Å². The van der Waals surface area contributed by atoms with Gasteiger partial charge in [-0.25, -0.2) is 8.78 Å². The highest BCUT2D eigenvalue weighted by Gasteiger charge is 2.32. The van der Waals surface area contributed by atoms with Crippen molar-refractivity contribution in [1.29, 1.82) is 0 Å². The predicted octanol–water partition coefficient (Wildman–Crippen LogP) is 2.75. The molecule has 1 N–H and O–H groups in total. The molecule has 0 amide bonds. The fourth-order valence-electron chi connectivity index (χ4n) is 3.15. The largest absolute Gasteiger partial charge is 0.313 e. The summed E-state index contributed by atoms with van der Waals surface area (Å²) in [4.78, 5) is 0. The quantitative estimate of drug-likeness (QED) is 0.713. The molecule has 1 aromatic carbocycles. The molecule has 1 heterocycles. The van der Waals surface area contributed by atoms with E-state index in [2.05, 4.69) is 5.32 Å². The highest BCUT2D eigenvalue weighted by molar-refractivity contribution is 5.36. The minimum absolute atomic E-state index is 0.308. The standard InChI is InChI=1S/C13H15F2N/c14-8-6-11-9(12(15)7-8)3-4-13-10(11)2-1-5-16-13/h6-7,10,13,16H,1-5H2/t10-,13+/m1/s1. The highest BCUT2D eigenvalue weighted by atomic mass is 19.1. The third-order valence-electron chi connectivity index (χ3n) is 3.88. The Balaban J connectivity index is 2.06. The number of nitrogens with one attached hydrogen (secondary N) is 1. The first kappa shape index (κ1) is 10.2. The monoisotopic (exact) mass is 223 g/mol. The van der Waals surface area contributed by atoms with Crippen LogP contribution >= 0.6 is 0 Å². The molecule has 1 saturated heterocycles. The van der Waals surface area contributed by atoms with Crippen molar-refractivity contribution in [2.45, 2.75) is 37.6 Å². The Morgan fingerprint density at radius 1 is 1.19 bits per heavy atom. The van der Waals surface area contributed by atoms with E-state index in [9.17, 15) is 8.78 Å². The van der Waals surface area contributed by atoms with Crippen molar-refractivity contribution < 1.29 is 8.78 Å². The summed E-state index contributed by atoms with van der Waals surface area (Å²) in [5.41, 5.74) is 1.65. The second-order valence-electron chi connectivity index (χ2n) is 4.80. The van der Waals surface area contributed by atoms with Crippen LogP contribution in [0.15, 0.2) is 12.1 Å². The van der Waals surface area contributed by atoms with Crippen molar-refractivity contribution in [3.8, 4) is 0 Å². The zero-order valence-electron chi connectivity index (χ0n) is 9.10.